The third-order valence-corrected chi connectivity index (χ3v) is 4.59. The van der Waals surface area contributed by atoms with E-state index in [1.165, 1.54) is 0 Å². The summed E-state index contributed by atoms with van der Waals surface area (Å²) >= 11 is 0. The molecule has 1 amide bonds. The summed E-state index contributed by atoms with van der Waals surface area (Å²) in [6.45, 7) is 2.42. The number of nitrogens with zero attached hydrogens (tertiary/aromatic N) is 1. The number of amides is 1. The number of rotatable bonds is 5. The largest absolute Gasteiger partial charge is 0.465 e. The monoisotopic (exact) mass is 294 g/mol. The molecule has 0 aromatic rings. The Morgan fingerprint density at radius 2 is 2.21 bits per heavy atom. The Morgan fingerprint density at radius 1 is 1.58 bits per heavy atom. The second-order valence-electron chi connectivity index (χ2n) is 4.81. The molecule has 3 N–H and O–H groups in total. The zero-order chi connectivity index (χ0) is 14.6. The third kappa shape index (κ3) is 4.05. The van der Waals surface area contributed by atoms with Gasteiger partial charge < -0.3 is 15.6 Å². The maximum Gasteiger partial charge on any atom is 0.407 e. The summed E-state index contributed by atoms with van der Waals surface area (Å²) in [6.07, 6.45) is 1.76. The fourth-order valence-electron chi connectivity index (χ4n) is 2.28. The fraction of sp³-hybridized carbons (Fsp3) is 0.909. The highest BCUT2D eigenvalue weighted by Crippen LogP contribution is 2.23. The van der Waals surface area contributed by atoms with Gasteiger partial charge in [0.1, 0.15) is 5.37 Å². The van der Waals surface area contributed by atoms with E-state index in [1.54, 1.807) is 0 Å². The van der Waals surface area contributed by atoms with Gasteiger partial charge in [-0.3, -0.25) is 4.90 Å². The molecule has 1 aliphatic rings. The Balaban J connectivity index is 2.99. The van der Waals surface area contributed by atoms with Crippen LogP contribution < -0.4 is 5.73 Å². The van der Waals surface area contributed by atoms with Gasteiger partial charge >= 0.3 is 6.09 Å². The summed E-state index contributed by atoms with van der Waals surface area (Å²) in [5, 5.41) is 7.93. The lowest BCUT2D eigenvalue weighted by Gasteiger charge is -2.41. The van der Waals surface area contributed by atoms with Crippen LogP contribution in [0.3, 0.4) is 0 Å². The first kappa shape index (κ1) is 16.2. The molecule has 1 heterocycles. The molecule has 7 nitrogen and oxygen atoms in total. The van der Waals surface area contributed by atoms with Crippen molar-refractivity contribution in [1.82, 2.24) is 4.90 Å². The van der Waals surface area contributed by atoms with Crippen molar-refractivity contribution >= 4 is 15.9 Å². The van der Waals surface area contributed by atoms with Gasteiger partial charge in [0, 0.05) is 12.8 Å². The molecule has 1 fully saturated rings. The van der Waals surface area contributed by atoms with Crippen LogP contribution in [0.4, 0.5) is 4.79 Å². The maximum absolute atomic E-state index is 11.6. The molecule has 1 saturated heterocycles. The van der Waals surface area contributed by atoms with E-state index in [9.17, 15) is 18.3 Å². The number of unbranched alkanes of at least 4 members (excludes halogenated alkanes) is 1. The molecule has 112 valence electrons. The van der Waals surface area contributed by atoms with Crippen LogP contribution in [-0.4, -0.2) is 61.4 Å². The first-order chi connectivity index (χ1) is 8.79. The summed E-state index contributed by atoms with van der Waals surface area (Å²) in [4.78, 5) is 12.3. The summed E-state index contributed by atoms with van der Waals surface area (Å²) in [5.41, 5.74) is 5.74. The van der Waals surface area contributed by atoms with E-state index in [1.807, 2.05) is 6.92 Å². The van der Waals surface area contributed by atoms with Gasteiger partial charge in [-0.15, -0.1) is 0 Å². The van der Waals surface area contributed by atoms with Gasteiger partial charge in [-0.25, -0.2) is 13.2 Å². The number of ether oxygens (including phenoxy) is 1. The average Bonchev–Trinajstić information content (AvgIpc) is 2.33. The molecule has 0 radical (unpaired) electrons. The van der Waals surface area contributed by atoms with E-state index in [-0.39, 0.29) is 13.2 Å². The first-order valence-corrected chi connectivity index (χ1v) is 8.30. The van der Waals surface area contributed by atoms with Crippen molar-refractivity contribution < 1.29 is 23.1 Å². The summed E-state index contributed by atoms with van der Waals surface area (Å²) in [7, 11) is -3.53. The molecule has 3 atom stereocenters. The minimum Gasteiger partial charge on any atom is -0.465 e. The molecule has 0 aromatic heterocycles. The number of hydrogen-bond acceptors (Lipinski definition) is 5. The highest BCUT2D eigenvalue weighted by Gasteiger charge is 2.42. The van der Waals surface area contributed by atoms with Crippen LogP contribution in [0.5, 0.6) is 0 Å². The normalized spacial score (nSPS) is 26.2. The van der Waals surface area contributed by atoms with Gasteiger partial charge in [0.2, 0.25) is 0 Å². The Morgan fingerprint density at radius 3 is 2.68 bits per heavy atom. The molecule has 0 spiro atoms. The molecular weight excluding hydrogens is 272 g/mol. The van der Waals surface area contributed by atoms with Gasteiger partial charge in [0.05, 0.1) is 18.8 Å². The van der Waals surface area contributed by atoms with Crippen LogP contribution in [0.15, 0.2) is 0 Å². The van der Waals surface area contributed by atoms with Crippen molar-refractivity contribution in [2.45, 2.75) is 43.7 Å². The van der Waals surface area contributed by atoms with Crippen LogP contribution in [0, 0.1) is 0 Å². The van der Waals surface area contributed by atoms with Crippen molar-refractivity contribution in [2.24, 2.45) is 5.73 Å². The molecular formula is C11H22N2O5S. The Labute approximate surface area is 113 Å². The van der Waals surface area contributed by atoms with E-state index in [2.05, 4.69) is 0 Å². The zero-order valence-electron chi connectivity index (χ0n) is 11.3. The van der Waals surface area contributed by atoms with E-state index >= 15 is 0 Å². The number of morpholine rings is 1. The van der Waals surface area contributed by atoms with Gasteiger partial charge in [0.25, 0.3) is 0 Å². The molecule has 0 saturated carbocycles. The topological polar surface area (TPSA) is 110 Å². The molecule has 0 aromatic carbocycles. The van der Waals surface area contributed by atoms with Gasteiger partial charge in [-0.05, 0) is 6.42 Å². The molecule has 1 aliphatic heterocycles. The number of carbonyl (C=O) groups is 1. The zero-order valence-corrected chi connectivity index (χ0v) is 12.1. The molecule has 1 rings (SSSR count). The van der Waals surface area contributed by atoms with E-state index in [0.717, 1.165) is 24.0 Å². The van der Waals surface area contributed by atoms with Crippen LogP contribution in [-0.2, 0) is 14.6 Å². The molecule has 3 unspecified atom stereocenters. The van der Waals surface area contributed by atoms with E-state index in [0.29, 0.717) is 6.42 Å². The SMILES string of the molecule is CCCCC1OCCN(C(=O)O)C1C(N)S(C)(=O)=O. The summed E-state index contributed by atoms with van der Waals surface area (Å²) < 4.78 is 28.8. The second-order valence-corrected chi connectivity index (χ2v) is 7.02. The van der Waals surface area contributed by atoms with Crippen molar-refractivity contribution in [3.05, 3.63) is 0 Å². The van der Waals surface area contributed by atoms with Crippen LogP contribution in [0.25, 0.3) is 0 Å². The molecule has 19 heavy (non-hydrogen) atoms. The quantitative estimate of drug-likeness (QED) is 0.752. The maximum atomic E-state index is 11.6. The smallest absolute Gasteiger partial charge is 0.407 e. The van der Waals surface area contributed by atoms with Crippen LogP contribution in [0.2, 0.25) is 0 Å². The predicted octanol–water partition coefficient (Wildman–Crippen LogP) is 0.253. The Bertz CT molecular complexity index is 411. The Kier molecular flexibility index (Phi) is 5.57. The Hall–Kier alpha value is -0.860. The highest BCUT2D eigenvalue weighted by atomic mass is 32.2. The van der Waals surface area contributed by atoms with E-state index in [4.69, 9.17) is 10.5 Å². The van der Waals surface area contributed by atoms with Crippen LogP contribution >= 0.6 is 0 Å². The molecule has 8 heteroatoms. The van der Waals surface area contributed by atoms with E-state index < -0.39 is 33.5 Å². The third-order valence-electron chi connectivity index (χ3n) is 3.32. The van der Waals surface area contributed by atoms with Crippen molar-refractivity contribution in [2.75, 3.05) is 19.4 Å². The standard InChI is InChI=1S/C11H22N2O5S/c1-3-4-5-8-9(10(12)19(2,16)17)13(11(14)15)6-7-18-8/h8-10H,3-7,12H2,1-2H3,(H,14,15). The average molecular weight is 294 g/mol. The first-order valence-electron chi connectivity index (χ1n) is 6.34. The molecule has 0 bridgehead atoms. The minimum atomic E-state index is -3.53. The van der Waals surface area contributed by atoms with Gasteiger partial charge in [-0.1, -0.05) is 19.8 Å². The van der Waals surface area contributed by atoms with Crippen molar-refractivity contribution in [3.8, 4) is 0 Å². The lowest BCUT2D eigenvalue weighted by Crippen LogP contribution is -2.62. The number of carboxylic acid groups (broad SMARTS) is 1. The van der Waals surface area contributed by atoms with Crippen molar-refractivity contribution in [1.29, 1.82) is 0 Å². The number of nitrogens with two attached hydrogens (primary N) is 1. The van der Waals surface area contributed by atoms with Gasteiger partial charge in [0.15, 0.2) is 9.84 Å². The summed E-state index contributed by atoms with van der Waals surface area (Å²) in [5.74, 6) is 0. The summed E-state index contributed by atoms with van der Waals surface area (Å²) in [6, 6.07) is -0.840. The highest BCUT2D eigenvalue weighted by molar-refractivity contribution is 7.91. The van der Waals surface area contributed by atoms with Crippen molar-refractivity contribution in [3.63, 3.8) is 0 Å². The lowest BCUT2D eigenvalue weighted by molar-refractivity contribution is -0.0655. The minimum absolute atomic E-state index is 0.145. The fourth-order valence-corrected chi connectivity index (χ4v) is 3.10. The van der Waals surface area contributed by atoms with Crippen LogP contribution in [0.1, 0.15) is 26.2 Å². The number of hydrogen-bond donors (Lipinski definition) is 2. The second kappa shape index (κ2) is 6.53. The molecule has 0 aliphatic carbocycles. The lowest BCUT2D eigenvalue weighted by atomic mass is 10.0. The predicted molar refractivity (Wildman–Crippen MR) is 70.6 cm³/mol. The number of sulfone groups is 1. The van der Waals surface area contributed by atoms with Gasteiger partial charge in [-0.2, -0.15) is 0 Å².